The zero-order valence-corrected chi connectivity index (χ0v) is 19.9. The predicted molar refractivity (Wildman–Crippen MR) is 127 cm³/mol. The minimum Gasteiger partial charge on any atom is -0.489 e. The minimum atomic E-state index is -0.269. The van der Waals surface area contributed by atoms with Gasteiger partial charge in [-0.2, -0.15) is 0 Å². The van der Waals surface area contributed by atoms with Crippen molar-refractivity contribution < 1.29 is 19.1 Å². The molecule has 1 saturated carbocycles. The molecule has 8 heteroatoms. The standard InChI is InChI=1S/C25H38N4O4/c1-3-27-22(31)16-29(2)25(32)23(18-10-11-18)28-15-21-13-12-20-9-6-8-19(24(20)33-21)7-4-5-14-26-17-30/h6,8-9,17-18,21,23,28H,3-5,7,10-16H2,1-2H3,(H,26,30)(H,27,31). The number of benzene rings is 1. The maximum atomic E-state index is 13.0. The average molecular weight is 459 g/mol. The number of fused-ring (bicyclic) bond motifs is 1. The Morgan fingerprint density at radius 2 is 2.06 bits per heavy atom. The predicted octanol–water partition coefficient (Wildman–Crippen LogP) is 1.41. The van der Waals surface area contributed by atoms with Crippen LogP contribution in [0.3, 0.4) is 0 Å². The second-order valence-electron chi connectivity index (χ2n) is 9.08. The number of likely N-dealkylation sites (N-methyl/N-ethyl adjacent to an activating group) is 2. The van der Waals surface area contributed by atoms with Crippen molar-refractivity contribution in [2.24, 2.45) is 5.92 Å². The number of rotatable bonds is 14. The number of hydrogen-bond acceptors (Lipinski definition) is 5. The van der Waals surface area contributed by atoms with Gasteiger partial charge in [0.15, 0.2) is 0 Å². The lowest BCUT2D eigenvalue weighted by Crippen LogP contribution is -2.51. The van der Waals surface area contributed by atoms with Crippen LogP contribution in [-0.4, -0.2) is 68.5 Å². The van der Waals surface area contributed by atoms with Crippen molar-refractivity contribution in [1.29, 1.82) is 0 Å². The second kappa shape index (κ2) is 12.6. The molecule has 1 heterocycles. The van der Waals surface area contributed by atoms with Crippen LogP contribution in [0.1, 0.15) is 50.2 Å². The Hall–Kier alpha value is -2.61. The van der Waals surface area contributed by atoms with Crippen molar-refractivity contribution in [3.63, 3.8) is 0 Å². The molecule has 2 unspecified atom stereocenters. The Morgan fingerprint density at radius 1 is 1.24 bits per heavy atom. The third-order valence-electron chi connectivity index (χ3n) is 6.35. The molecule has 1 aliphatic carbocycles. The first kappa shape index (κ1) is 25.0. The van der Waals surface area contributed by atoms with Crippen molar-refractivity contribution in [2.75, 3.05) is 33.2 Å². The lowest BCUT2D eigenvalue weighted by atomic mass is 9.96. The molecule has 1 aromatic rings. The van der Waals surface area contributed by atoms with Gasteiger partial charge in [-0.1, -0.05) is 18.2 Å². The molecule has 182 valence electrons. The van der Waals surface area contributed by atoms with Crippen LogP contribution in [-0.2, 0) is 27.2 Å². The van der Waals surface area contributed by atoms with E-state index in [-0.39, 0.29) is 30.5 Å². The number of unbranched alkanes of at least 4 members (excludes halogenated alkanes) is 1. The summed E-state index contributed by atoms with van der Waals surface area (Å²) in [6.45, 7) is 3.81. The van der Waals surface area contributed by atoms with Crippen molar-refractivity contribution in [3.8, 4) is 5.75 Å². The number of ether oxygens (including phenoxy) is 1. The van der Waals surface area contributed by atoms with Crippen LogP contribution >= 0.6 is 0 Å². The molecule has 3 rings (SSSR count). The lowest BCUT2D eigenvalue weighted by Gasteiger charge is -2.30. The Kier molecular flexibility index (Phi) is 9.54. The monoisotopic (exact) mass is 458 g/mol. The minimum absolute atomic E-state index is 0.0122. The summed E-state index contributed by atoms with van der Waals surface area (Å²) in [4.78, 5) is 36.8. The van der Waals surface area contributed by atoms with Crippen LogP contribution in [0, 0.1) is 5.92 Å². The highest BCUT2D eigenvalue weighted by atomic mass is 16.5. The molecule has 8 nitrogen and oxygen atoms in total. The summed E-state index contributed by atoms with van der Waals surface area (Å²) in [6.07, 6.45) is 7.53. The van der Waals surface area contributed by atoms with Gasteiger partial charge in [0.1, 0.15) is 11.9 Å². The molecule has 0 bridgehead atoms. The van der Waals surface area contributed by atoms with Gasteiger partial charge < -0.3 is 25.6 Å². The van der Waals surface area contributed by atoms with Gasteiger partial charge in [0.05, 0.1) is 12.6 Å². The Labute approximate surface area is 196 Å². The highest BCUT2D eigenvalue weighted by Gasteiger charge is 2.38. The molecule has 3 amide bonds. The lowest BCUT2D eigenvalue weighted by molar-refractivity contribution is -0.136. The summed E-state index contributed by atoms with van der Waals surface area (Å²) in [6, 6.07) is 6.07. The topological polar surface area (TPSA) is 99.8 Å². The molecular formula is C25H38N4O4. The van der Waals surface area contributed by atoms with Gasteiger partial charge in [0.2, 0.25) is 18.2 Å². The third-order valence-corrected chi connectivity index (χ3v) is 6.35. The van der Waals surface area contributed by atoms with Crippen molar-refractivity contribution in [2.45, 2.75) is 64.0 Å². The van der Waals surface area contributed by atoms with Gasteiger partial charge in [-0.05, 0) is 68.9 Å². The SMILES string of the molecule is CCNC(=O)CN(C)C(=O)C(NCC1CCc2cccc(CCCCNC=O)c2O1)C1CC1. The van der Waals surface area contributed by atoms with E-state index in [1.807, 2.05) is 6.92 Å². The number of nitrogens with zero attached hydrogens (tertiary/aromatic N) is 1. The van der Waals surface area contributed by atoms with Gasteiger partial charge in [-0.15, -0.1) is 0 Å². The number of hydrogen-bond donors (Lipinski definition) is 3. The van der Waals surface area contributed by atoms with Crippen molar-refractivity contribution >= 4 is 18.2 Å². The first-order chi connectivity index (χ1) is 16.0. The van der Waals surface area contributed by atoms with Crippen LogP contribution in [0.4, 0.5) is 0 Å². The Balaban J connectivity index is 1.54. The van der Waals surface area contributed by atoms with E-state index >= 15 is 0 Å². The van der Waals surface area contributed by atoms with E-state index < -0.39 is 0 Å². The normalized spacial score (nSPS) is 17.9. The van der Waals surface area contributed by atoms with Gasteiger partial charge in [-0.3, -0.25) is 14.4 Å². The summed E-state index contributed by atoms with van der Waals surface area (Å²) < 4.78 is 6.41. The molecule has 0 aromatic heterocycles. The maximum absolute atomic E-state index is 13.0. The molecule has 33 heavy (non-hydrogen) atoms. The first-order valence-electron chi connectivity index (χ1n) is 12.2. The molecule has 2 atom stereocenters. The summed E-state index contributed by atoms with van der Waals surface area (Å²) in [5, 5.41) is 8.92. The number of para-hydroxylation sites is 1. The number of amides is 3. The third kappa shape index (κ3) is 7.45. The van der Waals surface area contributed by atoms with E-state index in [9.17, 15) is 14.4 Å². The number of carbonyl (C=O) groups is 3. The van der Waals surface area contributed by atoms with E-state index in [2.05, 4.69) is 34.1 Å². The van der Waals surface area contributed by atoms with Gasteiger partial charge >= 0.3 is 0 Å². The quantitative estimate of drug-likeness (QED) is 0.289. The molecule has 1 aliphatic heterocycles. The van der Waals surface area contributed by atoms with Crippen LogP contribution in [0.5, 0.6) is 5.75 Å². The summed E-state index contributed by atoms with van der Waals surface area (Å²) in [7, 11) is 1.69. The maximum Gasteiger partial charge on any atom is 0.240 e. The zero-order valence-electron chi connectivity index (χ0n) is 19.9. The molecule has 0 radical (unpaired) electrons. The Morgan fingerprint density at radius 3 is 2.79 bits per heavy atom. The first-order valence-corrected chi connectivity index (χ1v) is 12.2. The molecule has 0 spiro atoms. The highest BCUT2D eigenvalue weighted by molar-refractivity contribution is 5.87. The number of carbonyl (C=O) groups excluding carboxylic acids is 3. The van der Waals surface area contributed by atoms with Crippen LogP contribution in [0.2, 0.25) is 0 Å². The molecule has 1 fully saturated rings. The molecule has 3 N–H and O–H groups in total. The molecule has 2 aliphatic rings. The van der Waals surface area contributed by atoms with Gasteiger partial charge in [0.25, 0.3) is 0 Å². The number of nitrogens with one attached hydrogen (secondary N) is 3. The summed E-state index contributed by atoms with van der Waals surface area (Å²) >= 11 is 0. The van der Waals surface area contributed by atoms with Gasteiger partial charge in [0, 0.05) is 26.7 Å². The van der Waals surface area contributed by atoms with Crippen molar-refractivity contribution in [3.05, 3.63) is 29.3 Å². The van der Waals surface area contributed by atoms with E-state index in [1.165, 1.54) is 16.0 Å². The summed E-state index contributed by atoms with van der Waals surface area (Å²) in [5.41, 5.74) is 2.45. The summed E-state index contributed by atoms with van der Waals surface area (Å²) in [5.74, 6) is 1.16. The zero-order chi connectivity index (χ0) is 23.6. The fraction of sp³-hybridized carbons (Fsp3) is 0.640. The van der Waals surface area contributed by atoms with E-state index in [1.54, 1.807) is 7.05 Å². The largest absolute Gasteiger partial charge is 0.489 e. The molecule has 0 saturated heterocycles. The van der Waals surface area contributed by atoms with Crippen molar-refractivity contribution in [1.82, 2.24) is 20.9 Å². The van der Waals surface area contributed by atoms with Crippen LogP contribution < -0.4 is 20.7 Å². The molecular weight excluding hydrogens is 420 g/mol. The van der Waals surface area contributed by atoms with E-state index in [0.717, 1.165) is 57.1 Å². The smallest absolute Gasteiger partial charge is 0.240 e. The van der Waals surface area contributed by atoms with E-state index in [0.29, 0.717) is 25.6 Å². The fourth-order valence-electron chi connectivity index (χ4n) is 4.40. The number of aryl methyl sites for hydroxylation is 2. The molecule has 1 aromatic carbocycles. The average Bonchev–Trinajstić information content (AvgIpc) is 3.64. The fourth-order valence-corrected chi connectivity index (χ4v) is 4.40. The van der Waals surface area contributed by atoms with Gasteiger partial charge in [-0.25, -0.2) is 0 Å². The Bertz CT molecular complexity index is 812. The highest BCUT2D eigenvalue weighted by Crippen LogP contribution is 2.35. The van der Waals surface area contributed by atoms with Crippen LogP contribution in [0.15, 0.2) is 18.2 Å². The van der Waals surface area contributed by atoms with E-state index in [4.69, 9.17) is 4.74 Å². The second-order valence-corrected chi connectivity index (χ2v) is 9.08. The van der Waals surface area contributed by atoms with Crippen LogP contribution in [0.25, 0.3) is 0 Å².